The molecule has 21 heavy (non-hydrogen) atoms. The van der Waals surface area contributed by atoms with Gasteiger partial charge in [0.1, 0.15) is 0 Å². The zero-order valence-electron chi connectivity index (χ0n) is 11.9. The van der Waals surface area contributed by atoms with Crippen molar-refractivity contribution < 1.29 is 9.53 Å². The average molecular weight is 280 g/mol. The third-order valence-corrected chi connectivity index (χ3v) is 3.75. The number of methoxy groups -OCH3 is 1. The van der Waals surface area contributed by atoms with Crippen molar-refractivity contribution in [3.63, 3.8) is 0 Å². The number of esters is 1. The summed E-state index contributed by atoms with van der Waals surface area (Å²) < 4.78 is 4.75. The summed E-state index contributed by atoms with van der Waals surface area (Å²) in [6.07, 6.45) is 0. The highest BCUT2D eigenvalue weighted by atomic mass is 16.5. The van der Waals surface area contributed by atoms with Crippen molar-refractivity contribution in [3.8, 4) is 0 Å². The van der Waals surface area contributed by atoms with Crippen LogP contribution in [-0.4, -0.2) is 13.1 Å². The minimum atomic E-state index is -0.432. The highest BCUT2D eigenvalue weighted by molar-refractivity contribution is 6.05. The average Bonchev–Trinajstić information content (AvgIpc) is 2.45. The number of carbonyl (C=O) groups is 1. The van der Waals surface area contributed by atoms with Crippen LogP contribution in [0.25, 0.3) is 21.5 Å². The van der Waals surface area contributed by atoms with Gasteiger partial charge in [0.2, 0.25) is 0 Å². The number of ether oxygens (including phenoxy) is 1. The summed E-state index contributed by atoms with van der Waals surface area (Å²) in [5, 5.41) is 4.04. The molecule has 0 radical (unpaired) electrons. The van der Waals surface area contributed by atoms with Crippen LogP contribution in [0.2, 0.25) is 0 Å². The summed E-state index contributed by atoms with van der Waals surface area (Å²) in [4.78, 5) is 11.7. The molecule has 3 rings (SSSR count). The molecule has 4 nitrogen and oxygen atoms in total. The zero-order valence-corrected chi connectivity index (χ0v) is 11.9. The highest BCUT2D eigenvalue weighted by Gasteiger charge is 2.12. The Balaban J connectivity index is 2.33. The van der Waals surface area contributed by atoms with Gasteiger partial charge in [0.15, 0.2) is 0 Å². The molecule has 0 amide bonds. The molecule has 0 aliphatic rings. The number of aryl methyl sites for hydroxylation is 1. The molecule has 0 aromatic heterocycles. The van der Waals surface area contributed by atoms with E-state index in [1.165, 1.54) is 7.11 Å². The Morgan fingerprint density at radius 3 is 2.00 bits per heavy atom. The Morgan fingerprint density at radius 1 is 0.857 bits per heavy atom. The summed E-state index contributed by atoms with van der Waals surface area (Å²) >= 11 is 0. The summed E-state index contributed by atoms with van der Waals surface area (Å²) in [5.74, 6) is -0.432. The van der Waals surface area contributed by atoms with Crippen LogP contribution in [0.4, 0.5) is 11.4 Å². The lowest BCUT2D eigenvalue weighted by atomic mass is 9.99. The molecule has 0 atom stereocenters. The molecule has 0 fully saturated rings. The summed E-state index contributed by atoms with van der Waals surface area (Å²) in [6.45, 7) is 1.98. The Labute approximate surface area is 122 Å². The van der Waals surface area contributed by atoms with Gasteiger partial charge in [-0.25, -0.2) is 4.79 Å². The van der Waals surface area contributed by atoms with Crippen LogP contribution in [0, 0.1) is 6.92 Å². The third-order valence-electron chi connectivity index (χ3n) is 3.75. The number of rotatable bonds is 1. The lowest BCUT2D eigenvalue weighted by Crippen LogP contribution is -2.05. The van der Waals surface area contributed by atoms with Crippen molar-refractivity contribution in [1.82, 2.24) is 0 Å². The van der Waals surface area contributed by atoms with E-state index in [1.807, 2.05) is 19.1 Å². The van der Waals surface area contributed by atoms with Crippen molar-refractivity contribution in [2.75, 3.05) is 18.6 Å². The van der Waals surface area contributed by atoms with E-state index in [0.29, 0.717) is 11.3 Å². The Hall–Kier alpha value is -2.75. The number of nitrogens with two attached hydrogens (primary N) is 2. The molecule has 0 aliphatic carbocycles. The minimum absolute atomic E-state index is 0.379. The monoisotopic (exact) mass is 280 g/mol. The van der Waals surface area contributed by atoms with Crippen molar-refractivity contribution in [2.45, 2.75) is 6.92 Å². The first kappa shape index (κ1) is 13.2. The lowest BCUT2D eigenvalue weighted by molar-refractivity contribution is 0.0602. The van der Waals surface area contributed by atoms with Crippen LogP contribution in [0.15, 0.2) is 36.4 Å². The molecular formula is C17H16N2O2. The molecule has 0 unspecified atom stereocenters. The van der Waals surface area contributed by atoms with Crippen LogP contribution >= 0.6 is 0 Å². The van der Waals surface area contributed by atoms with Gasteiger partial charge in [-0.15, -0.1) is 0 Å². The number of hydrogen-bond donors (Lipinski definition) is 2. The van der Waals surface area contributed by atoms with E-state index >= 15 is 0 Å². The number of nitrogen functional groups attached to an aromatic ring is 2. The van der Waals surface area contributed by atoms with Gasteiger partial charge in [-0.3, -0.25) is 0 Å². The fourth-order valence-electron chi connectivity index (χ4n) is 2.54. The summed E-state index contributed by atoms with van der Waals surface area (Å²) in [7, 11) is 1.34. The van der Waals surface area contributed by atoms with Crippen LogP contribution in [0.1, 0.15) is 15.9 Å². The molecule has 0 bridgehead atoms. The van der Waals surface area contributed by atoms with Gasteiger partial charge >= 0.3 is 5.97 Å². The molecular weight excluding hydrogens is 264 g/mol. The second-order valence-electron chi connectivity index (χ2n) is 5.19. The molecule has 4 N–H and O–H groups in total. The molecule has 0 saturated carbocycles. The van der Waals surface area contributed by atoms with E-state index in [1.54, 1.807) is 12.1 Å². The maximum atomic E-state index is 11.7. The van der Waals surface area contributed by atoms with Crippen LogP contribution in [0.3, 0.4) is 0 Å². The van der Waals surface area contributed by atoms with E-state index in [0.717, 1.165) is 32.8 Å². The molecule has 0 spiro atoms. The predicted molar refractivity (Wildman–Crippen MR) is 86.4 cm³/mol. The third kappa shape index (κ3) is 2.14. The van der Waals surface area contributed by atoms with Gasteiger partial charge in [-0.2, -0.15) is 0 Å². The van der Waals surface area contributed by atoms with E-state index in [4.69, 9.17) is 16.2 Å². The molecule has 106 valence electrons. The van der Waals surface area contributed by atoms with E-state index < -0.39 is 5.97 Å². The first-order chi connectivity index (χ1) is 9.99. The molecule has 0 heterocycles. The van der Waals surface area contributed by atoms with Crippen molar-refractivity contribution in [3.05, 3.63) is 47.5 Å². The van der Waals surface area contributed by atoms with Crippen molar-refractivity contribution in [1.29, 1.82) is 0 Å². The van der Waals surface area contributed by atoms with Crippen LogP contribution in [0.5, 0.6) is 0 Å². The molecule has 3 aromatic rings. The fourth-order valence-corrected chi connectivity index (χ4v) is 2.54. The maximum absolute atomic E-state index is 11.7. The van der Waals surface area contributed by atoms with Gasteiger partial charge in [0, 0.05) is 11.4 Å². The van der Waals surface area contributed by atoms with Crippen LogP contribution in [-0.2, 0) is 4.74 Å². The van der Waals surface area contributed by atoms with Crippen molar-refractivity contribution >= 4 is 38.9 Å². The largest absolute Gasteiger partial charge is 0.465 e. The maximum Gasteiger partial charge on any atom is 0.339 e. The van der Waals surface area contributed by atoms with Crippen molar-refractivity contribution in [2.24, 2.45) is 0 Å². The number of carbonyl (C=O) groups excluding carboxylic acids is 1. The number of hydrogen-bond acceptors (Lipinski definition) is 4. The molecule has 4 heteroatoms. The lowest BCUT2D eigenvalue weighted by Gasteiger charge is -2.09. The molecule has 3 aromatic carbocycles. The number of anilines is 2. The Morgan fingerprint density at radius 2 is 1.38 bits per heavy atom. The van der Waals surface area contributed by atoms with Crippen LogP contribution < -0.4 is 11.5 Å². The standard InChI is InChI=1S/C17H16N2O2/c1-9-3-10-4-13-8-16(19)14(17(20)21-2)6-11(13)5-12(10)7-15(9)18/h3-8H,18-19H2,1-2H3. The van der Waals surface area contributed by atoms with E-state index in [9.17, 15) is 4.79 Å². The van der Waals surface area contributed by atoms with Gasteiger partial charge in [-0.05, 0) is 70.4 Å². The first-order valence-electron chi connectivity index (χ1n) is 6.61. The molecule has 0 saturated heterocycles. The second kappa shape index (κ2) is 4.66. The quantitative estimate of drug-likeness (QED) is 0.407. The van der Waals surface area contributed by atoms with Gasteiger partial charge < -0.3 is 16.2 Å². The SMILES string of the molecule is COC(=O)c1cc2cc3cc(N)c(C)cc3cc2cc1N. The Kier molecular flexibility index (Phi) is 2.94. The normalized spacial score (nSPS) is 11.0. The summed E-state index contributed by atoms with van der Waals surface area (Å²) in [6, 6.07) is 11.6. The second-order valence-corrected chi connectivity index (χ2v) is 5.19. The van der Waals surface area contributed by atoms with E-state index in [-0.39, 0.29) is 0 Å². The zero-order chi connectivity index (χ0) is 15.1. The number of fused-ring (bicyclic) bond motifs is 2. The highest BCUT2D eigenvalue weighted by Crippen LogP contribution is 2.29. The topological polar surface area (TPSA) is 78.3 Å². The van der Waals surface area contributed by atoms with Gasteiger partial charge in [0.05, 0.1) is 12.7 Å². The molecule has 0 aliphatic heterocycles. The fraction of sp³-hybridized carbons (Fsp3) is 0.118. The van der Waals surface area contributed by atoms with Gasteiger partial charge in [-0.1, -0.05) is 0 Å². The predicted octanol–water partition coefficient (Wildman–Crippen LogP) is 3.25. The van der Waals surface area contributed by atoms with Gasteiger partial charge in [0.25, 0.3) is 0 Å². The van der Waals surface area contributed by atoms with E-state index in [2.05, 4.69) is 12.1 Å². The first-order valence-corrected chi connectivity index (χ1v) is 6.61. The number of benzene rings is 3. The minimum Gasteiger partial charge on any atom is -0.465 e. The Bertz CT molecular complexity index is 885. The summed E-state index contributed by atoms with van der Waals surface area (Å²) in [5.41, 5.74) is 14.5. The smallest absolute Gasteiger partial charge is 0.339 e.